The van der Waals surface area contributed by atoms with Crippen LogP contribution in [-0.4, -0.2) is 37.4 Å². The zero-order valence-corrected chi connectivity index (χ0v) is 17.7. The minimum atomic E-state index is -0.335. The number of hydrogen-bond acceptors (Lipinski definition) is 8. The van der Waals surface area contributed by atoms with E-state index in [1.165, 1.54) is 21.3 Å². The molecule has 0 bridgehead atoms. The van der Waals surface area contributed by atoms with Gasteiger partial charge in [0.15, 0.2) is 17.3 Å². The molecule has 2 heterocycles. The zero-order valence-electron chi connectivity index (χ0n) is 17.7. The number of ether oxygens (including phenoxy) is 3. The third kappa shape index (κ3) is 4.27. The van der Waals surface area contributed by atoms with E-state index in [2.05, 4.69) is 15.5 Å². The highest BCUT2D eigenvalue weighted by molar-refractivity contribution is 6.05. The van der Waals surface area contributed by atoms with Gasteiger partial charge in [-0.15, -0.1) is 0 Å². The first kappa shape index (κ1) is 21.0. The molecule has 4 rings (SSSR count). The number of para-hydroxylation sites is 1. The minimum Gasteiger partial charge on any atom is -0.493 e. The van der Waals surface area contributed by atoms with Crippen molar-refractivity contribution in [3.63, 3.8) is 0 Å². The third-order valence-corrected chi connectivity index (χ3v) is 4.74. The topological polar surface area (TPSA) is 109 Å². The number of furan rings is 1. The SMILES string of the molecule is COc1cc(C(=O)Nc2ccccc2Cc2nc(-c3ccco3)no2)cc(OC)c1OC. The predicted octanol–water partition coefficient (Wildman–Crippen LogP) is 4.20. The Balaban J connectivity index is 1.56. The van der Waals surface area contributed by atoms with Gasteiger partial charge in [0.05, 0.1) is 34.0 Å². The summed E-state index contributed by atoms with van der Waals surface area (Å²) in [5.74, 6) is 2.14. The molecule has 9 nitrogen and oxygen atoms in total. The third-order valence-electron chi connectivity index (χ3n) is 4.74. The second-order valence-corrected chi connectivity index (χ2v) is 6.69. The van der Waals surface area contributed by atoms with E-state index in [0.717, 1.165) is 5.56 Å². The summed E-state index contributed by atoms with van der Waals surface area (Å²) in [4.78, 5) is 17.3. The highest BCUT2D eigenvalue weighted by Gasteiger charge is 2.19. The van der Waals surface area contributed by atoms with Crippen LogP contribution in [-0.2, 0) is 6.42 Å². The molecule has 0 aliphatic carbocycles. The van der Waals surface area contributed by atoms with Crippen molar-refractivity contribution in [1.82, 2.24) is 10.1 Å². The Morgan fingerprint density at radius 3 is 2.41 bits per heavy atom. The summed E-state index contributed by atoms with van der Waals surface area (Å²) in [5, 5.41) is 6.86. The van der Waals surface area contributed by atoms with Gasteiger partial charge in [0.1, 0.15) is 0 Å². The van der Waals surface area contributed by atoms with Crippen molar-refractivity contribution in [2.24, 2.45) is 0 Å². The van der Waals surface area contributed by atoms with Crippen molar-refractivity contribution in [1.29, 1.82) is 0 Å². The monoisotopic (exact) mass is 435 g/mol. The van der Waals surface area contributed by atoms with Crippen LogP contribution in [0.25, 0.3) is 11.6 Å². The maximum Gasteiger partial charge on any atom is 0.255 e. The number of hydrogen-bond donors (Lipinski definition) is 1. The van der Waals surface area contributed by atoms with Gasteiger partial charge >= 0.3 is 0 Å². The number of nitrogens with one attached hydrogen (secondary N) is 1. The summed E-state index contributed by atoms with van der Waals surface area (Å²) < 4.78 is 26.6. The predicted molar refractivity (Wildman–Crippen MR) is 115 cm³/mol. The van der Waals surface area contributed by atoms with Crippen LogP contribution in [0.15, 0.2) is 63.7 Å². The molecule has 0 atom stereocenters. The standard InChI is InChI=1S/C23H21N3O6/c1-28-18-11-15(12-19(29-2)21(18)30-3)23(27)24-16-8-5-4-7-14(16)13-20-25-22(26-32-20)17-9-6-10-31-17/h4-12H,13H2,1-3H3,(H,24,27). The van der Waals surface area contributed by atoms with Gasteiger partial charge in [0, 0.05) is 11.3 Å². The second-order valence-electron chi connectivity index (χ2n) is 6.69. The van der Waals surface area contributed by atoms with Crippen molar-refractivity contribution >= 4 is 11.6 Å². The summed E-state index contributed by atoms with van der Waals surface area (Å²) in [5.41, 5.74) is 1.78. The molecule has 0 unspecified atom stereocenters. The summed E-state index contributed by atoms with van der Waals surface area (Å²) in [7, 11) is 4.50. The van der Waals surface area contributed by atoms with Crippen molar-refractivity contribution in [3.05, 3.63) is 71.8 Å². The summed E-state index contributed by atoms with van der Waals surface area (Å²) in [6.07, 6.45) is 1.87. The van der Waals surface area contributed by atoms with Crippen molar-refractivity contribution in [3.8, 4) is 28.8 Å². The molecule has 0 spiro atoms. The lowest BCUT2D eigenvalue weighted by molar-refractivity contribution is 0.102. The molecular formula is C23H21N3O6. The molecule has 0 radical (unpaired) electrons. The van der Waals surface area contributed by atoms with Crippen molar-refractivity contribution < 1.29 is 27.9 Å². The van der Waals surface area contributed by atoms with E-state index in [4.69, 9.17) is 23.2 Å². The van der Waals surface area contributed by atoms with Gasteiger partial charge < -0.3 is 28.5 Å². The highest BCUT2D eigenvalue weighted by atomic mass is 16.5. The van der Waals surface area contributed by atoms with Gasteiger partial charge in [-0.2, -0.15) is 4.98 Å². The number of amides is 1. The molecule has 2 aromatic carbocycles. The van der Waals surface area contributed by atoms with Crippen LogP contribution in [0.3, 0.4) is 0 Å². The second kappa shape index (κ2) is 9.25. The Morgan fingerprint density at radius 1 is 1.00 bits per heavy atom. The lowest BCUT2D eigenvalue weighted by Gasteiger charge is -2.15. The molecule has 2 aromatic heterocycles. The molecule has 32 heavy (non-hydrogen) atoms. The fourth-order valence-corrected chi connectivity index (χ4v) is 3.20. The average molecular weight is 435 g/mol. The first-order valence-corrected chi connectivity index (χ1v) is 9.68. The minimum absolute atomic E-state index is 0.333. The maximum atomic E-state index is 13.0. The number of rotatable bonds is 8. The number of nitrogens with zero attached hydrogens (tertiary/aromatic N) is 2. The molecule has 0 saturated heterocycles. The van der Waals surface area contributed by atoms with Gasteiger partial charge in [0.2, 0.25) is 17.5 Å². The van der Waals surface area contributed by atoms with E-state index in [0.29, 0.717) is 52.4 Å². The summed E-state index contributed by atoms with van der Waals surface area (Å²) in [6.45, 7) is 0. The first-order valence-electron chi connectivity index (χ1n) is 9.68. The van der Waals surface area contributed by atoms with Crippen LogP contribution in [0.1, 0.15) is 21.8 Å². The summed E-state index contributed by atoms with van der Waals surface area (Å²) in [6, 6.07) is 14.1. The maximum absolute atomic E-state index is 13.0. The van der Waals surface area contributed by atoms with Crippen LogP contribution in [0.2, 0.25) is 0 Å². The van der Waals surface area contributed by atoms with Gasteiger partial charge in [-0.1, -0.05) is 23.4 Å². The molecular weight excluding hydrogens is 414 g/mol. The Hall–Kier alpha value is -4.27. The Bertz CT molecular complexity index is 1190. The lowest BCUT2D eigenvalue weighted by atomic mass is 10.1. The molecule has 4 aromatic rings. The van der Waals surface area contributed by atoms with Gasteiger partial charge in [-0.3, -0.25) is 4.79 Å². The fraction of sp³-hybridized carbons (Fsp3) is 0.174. The lowest BCUT2D eigenvalue weighted by Crippen LogP contribution is -2.14. The van der Waals surface area contributed by atoms with E-state index in [9.17, 15) is 4.79 Å². The van der Waals surface area contributed by atoms with Gasteiger partial charge in [-0.25, -0.2) is 0 Å². The van der Waals surface area contributed by atoms with Crippen LogP contribution in [0.5, 0.6) is 17.2 Å². The normalized spacial score (nSPS) is 10.6. The van der Waals surface area contributed by atoms with E-state index in [1.807, 2.05) is 18.2 Å². The Labute approximate surface area is 183 Å². The number of benzene rings is 2. The molecule has 0 fully saturated rings. The van der Waals surface area contributed by atoms with Crippen LogP contribution < -0.4 is 19.5 Å². The van der Waals surface area contributed by atoms with Crippen molar-refractivity contribution in [2.45, 2.75) is 6.42 Å². The van der Waals surface area contributed by atoms with Crippen molar-refractivity contribution in [2.75, 3.05) is 26.6 Å². The molecule has 1 amide bonds. The van der Waals surface area contributed by atoms with Gasteiger partial charge in [0.25, 0.3) is 5.91 Å². The van der Waals surface area contributed by atoms with E-state index >= 15 is 0 Å². The molecule has 9 heteroatoms. The first-order chi connectivity index (χ1) is 15.6. The smallest absolute Gasteiger partial charge is 0.255 e. The number of carbonyl (C=O) groups is 1. The fourth-order valence-electron chi connectivity index (χ4n) is 3.20. The quantitative estimate of drug-likeness (QED) is 0.439. The Kier molecular flexibility index (Phi) is 6.07. The van der Waals surface area contributed by atoms with E-state index in [1.54, 1.807) is 36.6 Å². The van der Waals surface area contributed by atoms with Crippen LogP contribution in [0, 0.1) is 0 Å². The number of aromatic nitrogens is 2. The molecule has 0 aliphatic heterocycles. The van der Waals surface area contributed by atoms with E-state index in [-0.39, 0.29) is 5.91 Å². The molecule has 0 aliphatic rings. The molecule has 164 valence electrons. The van der Waals surface area contributed by atoms with Crippen LogP contribution in [0.4, 0.5) is 5.69 Å². The number of methoxy groups -OCH3 is 3. The highest BCUT2D eigenvalue weighted by Crippen LogP contribution is 2.38. The largest absolute Gasteiger partial charge is 0.493 e. The number of carbonyl (C=O) groups excluding carboxylic acids is 1. The van der Waals surface area contributed by atoms with Crippen LogP contribution >= 0.6 is 0 Å². The van der Waals surface area contributed by atoms with E-state index < -0.39 is 0 Å². The molecule has 1 N–H and O–H groups in total. The summed E-state index contributed by atoms with van der Waals surface area (Å²) >= 11 is 0. The average Bonchev–Trinajstić information content (AvgIpc) is 3.51. The Morgan fingerprint density at radius 2 is 1.75 bits per heavy atom. The number of anilines is 1. The van der Waals surface area contributed by atoms with Gasteiger partial charge in [-0.05, 0) is 35.9 Å². The molecule has 0 saturated carbocycles. The zero-order chi connectivity index (χ0) is 22.5.